The Labute approximate surface area is 75.5 Å². The number of hydrogen-bond acceptors (Lipinski definition) is 2. The summed E-state index contributed by atoms with van der Waals surface area (Å²) >= 11 is 0. The first-order chi connectivity index (χ1) is 6.02. The predicted molar refractivity (Wildman–Crippen MR) is 47.3 cm³/mol. The molecule has 1 aromatic rings. The van der Waals surface area contributed by atoms with Crippen LogP contribution in [-0.2, 0) is 0 Å². The Balaban J connectivity index is 2.92. The maximum Gasteiger partial charge on any atom is 0.269 e. The van der Waals surface area contributed by atoms with Gasteiger partial charge in [0.15, 0.2) is 0 Å². The molecular formula is C8H11N3O2. The van der Waals surface area contributed by atoms with E-state index in [1.807, 2.05) is 0 Å². The molecule has 70 valence electrons. The highest BCUT2D eigenvalue weighted by atomic mass is 16.2. The average molecular weight is 181 g/mol. The fourth-order valence-corrected chi connectivity index (χ4v) is 0.904. The van der Waals surface area contributed by atoms with Crippen LogP contribution in [0.2, 0.25) is 0 Å². The van der Waals surface area contributed by atoms with Crippen LogP contribution in [0, 0.1) is 0 Å². The lowest BCUT2D eigenvalue weighted by molar-refractivity contribution is 0.0822. The molecule has 13 heavy (non-hydrogen) atoms. The Morgan fingerprint density at radius 1 is 1.31 bits per heavy atom. The minimum atomic E-state index is -0.571. The third-order valence-electron chi connectivity index (χ3n) is 1.59. The first kappa shape index (κ1) is 9.31. The zero-order chi connectivity index (χ0) is 10.0. The van der Waals surface area contributed by atoms with Gasteiger partial charge in [-0.25, -0.2) is 0 Å². The van der Waals surface area contributed by atoms with Gasteiger partial charge in [-0.2, -0.15) is 0 Å². The quantitative estimate of drug-likeness (QED) is 0.663. The Morgan fingerprint density at radius 3 is 2.23 bits per heavy atom. The second kappa shape index (κ2) is 3.30. The van der Waals surface area contributed by atoms with Crippen molar-refractivity contribution in [3.63, 3.8) is 0 Å². The molecule has 0 fully saturated rings. The normalized spacial score (nSPS) is 9.69. The van der Waals surface area contributed by atoms with Gasteiger partial charge in [-0.3, -0.25) is 9.59 Å². The fraction of sp³-hybridized carbons (Fsp3) is 0.250. The minimum absolute atomic E-state index is 0.187. The molecule has 0 spiro atoms. The van der Waals surface area contributed by atoms with E-state index < -0.39 is 5.91 Å². The molecule has 5 nitrogen and oxygen atoms in total. The molecule has 0 aromatic carbocycles. The summed E-state index contributed by atoms with van der Waals surface area (Å²) in [6.45, 7) is 0. The molecule has 1 aromatic heterocycles. The Kier molecular flexibility index (Phi) is 2.36. The van der Waals surface area contributed by atoms with Crippen molar-refractivity contribution in [2.45, 2.75) is 0 Å². The Morgan fingerprint density at radius 2 is 1.85 bits per heavy atom. The number of nitrogens with zero attached hydrogens (tertiary/aromatic N) is 1. The summed E-state index contributed by atoms with van der Waals surface area (Å²) in [5.41, 5.74) is 5.61. The second-order valence-electron chi connectivity index (χ2n) is 2.85. The number of hydrogen-bond donors (Lipinski definition) is 2. The number of carbonyl (C=O) groups is 2. The Bertz CT molecular complexity index is 341. The zero-order valence-electron chi connectivity index (χ0n) is 7.50. The van der Waals surface area contributed by atoms with Crippen molar-refractivity contribution in [1.82, 2.24) is 9.88 Å². The van der Waals surface area contributed by atoms with Crippen molar-refractivity contribution >= 4 is 11.8 Å². The van der Waals surface area contributed by atoms with Gasteiger partial charge in [0.1, 0.15) is 11.4 Å². The second-order valence-corrected chi connectivity index (χ2v) is 2.85. The molecule has 0 unspecified atom stereocenters. The molecule has 0 atom stereocenters. The average Bonchev–Trinajstić information content (AvgIpc) is 2.50. The van der Waals surface area contributed by atoms with Crippen LogP contribution >= 0.6 is 0 Å². The molecule has 0 aliphatic carbocycles. The number of H-pyrrole nitrogens is 1. The molecule has 1 rings (SSSR count). The number of nitrogens with two attached hydrogens (primary N) is 1. The van der Waals surface area contributed by atoms with Crippen LogP contribution < -0.4 is 5.73 Å². The van der Waals surface area contributed by atoms with Crippen molar-refractivity contribution in [1.29, 1.82) is 0 Å². The Hall–Kier alpha value is -1.78. The lowest BCUT2D eigenvalue weighted by Gasteiger charge is -2.07. The fourth-order valence-electron chi connectivity index (χ4n) is 0.904. The molecule has 3 N–H and O–H groups in total. The van der Waals surface area contributed by atoms with E-state index in [9.17, 15) is 9.59 Å². The summed E-state index contributed by atoms with van der Waals surface area (Å²) in [7, 11) is 3.26. The number of primary amides is 1. The summed E-state index contributed by atoms with van der Waals surface area (Å²) in [5, 5.41) is 0. The van der Waals surface area contributed by atoms with Gasteiger partial charge in [0.2, 0.25) is 0 Å². The maximum absolute atomic E-state index is 11.3. The van der Waals surface area contributed by atoms with Crippen molar-refractivity contribution in [3.05, 3.63) is 23.5 Å². The summed E-state index contributed by atoms with van der Waals surface area (Å²) in [5.74, 6) is -0.759. The molecule has 0 saturated heterocycles. The third kappa shape index (κ3) is 1.87. The van der Waals surface area contributed by atoms with E-state index in [-0.39, 0.29) is 11.6 Å². The van der Waals surface area contributed by atoms with Crippen LogP contribution in [0.1, 0.15) is 21.0 Å². The summed E-state index contributed by atoms with van der Waals surface area (Å²) in [4.78, 5) is 26.0. The molecule has 0 aliphatic rings. The highest BCUT2D eigenvalue weighted by molar-refractivity contribution is 5.96. The summed E-state index contributed by atoms with van der Waals surface area (Å²) < 4.78 is 0. The smallest absolute Gasteiger partial charge is 0.269 e. The molecule has 5 heteroatoms. The van der Waals surface area contributed by atoms with Gasteiger partial charge in [-0.05, 0) is 12.1 Å². The van der Waals surface area contributed by atoms with E-state index >= 15 is 0 Å². The molecule has 0 aliphatic heterocycles. The molecule has 1 heterocycles. The van der Waals surface area contributed by atoms with E-state index in [4.69, 9.17) is 5.73 Å². The van der Waals surface area contributed by atoms with Crippen molar-refractivity contribution < 1.29 is 9.59 Å². The lowest BCUT2D eigenvalue weighted by atomic mass is 10.4. The van der Waals surface area contributed by atoms with E-state index in [1.54, 1.807) is 14.1 Å². The predicted octanol–water partition coefficient (Wildman–Crippen LogP) is -0.185. The number of carbonyl (C=O) groups excluding carboxylic acids is 2. The topological polar surface area (TPSA) is 79.2 Å². The van der Waals surface area contributed by atoms with E-state index in [0.717, 1.165) is 0 Å². The van der Waals surface area contributed by atoms with Crippen LogP contribution in [-0.4, -0.2) is 35.8 Å². The van der Waals surface area contributed by atoms with Gasteiger partial charge in [0.25, 0.3) is 11.8 Å². The highest BCUT2D eigenvalue weighted by Crippen LogP contribution is 2.02. The van der Waals surface area contributed by atoms with Gasteiger partial charge >= 0.3 is 0 Å². The molecule has 2 amide bonds. The minimum Gasteiger partial charge on any atom is -0.364 e. The van der Waals surface area contributed by atoms with Crippen molar-refractivity contribution in [2.24, 2.45) is 5.73 Å². The lowest BCUT2D eigenvalue weighted by Crippen LogP contribution is -2.22. The van der Waals surface area contributed by atoms with Crippen LogP contribution in [0.5, 0.6) is 0 Å². The van der Waals surface area contributed by atoms with Gasteiger partial charge in [-0.1, -0.05) is 0 Å². The summed E-state index contributed by atoms with van der Waals surface area (Å²) in [6.07, 6.45) is 0. The first-order valence-corrected chi connectivity index (χ1v) is 3.73. The number of amides is 2. The van der Waals surface area contributed by atoms with Gasteiger partial charge < -0.3 is 15.6 Å². The number of nitrogens with one attached hydrogen (secondary N) is 1. The summed E-state index contributed by atoms with van der Waals surface area (Å²) in [6, 6.07) is 3.02. The van der Waals surface area contributed by atoms with Crippen LogP contribution in [0.25, 0.3) is 0 Å². The van der Waals surface area contributed by atoms with Crippen LogP contribution in [0.4, 0.5) is 0 Å². The zero-order valence-corrected chi connectivity index (χ0v) is 7.50. The van der Waals surface area contributed by atoms with E-state index in [1.165, 1.54) is 17.0 Å². The van der Waals surface area contributed by atoms with Crippen LogP contribution in [0.3, 0.4) is 0 Å². The maximum atomic E-state index is 11.3. The molecule has 0 saturated carbocycles. The third-order valence-corrected chi connectivity index (χ3v) is 1.59. The molecule has 0 bridgehead atoms. The van der Waals surface area contributed by atoms with Crippen LogP contribution in [0.15, 0.2) is 12.1 Å². The number of rotatable bonds is 2. The van der Waals surface area contributed by atoms with Gasteiger partial charge in [-0.15, -0.1) is 0 Å². The van der Waals surface area contributed by atoms with Gasteiger partial charge in [0, 0.05) is 14.1 Å². The highest BCUT2D eigenvalue weighted by Gasteiger charge is 2.11. The standard InChI is InChI=1S/C8H11N3O2/c1-11(2)8(13)6-4-3-5(10-6)7(9)12/h3-4,10H,1-2H3,(H2,9,12). The number of aromatic nitrogens is 1. The molecule has 0 radical (unpaired) electrons. The van der Waals surface area contributed by atoms with E-state index in [0.29, 0.717) is 5.69 Å². The van der Waals surface area contributed by atoms with Gasteiger partial charge in [0.05, 0.1) is 0 Å². The van der Waals surface area contributed by atoms with Crippen molar-refractivity contribution in [2.75, 3.05) is 14.1 Å². The van der Waals surface area contributed by atoms with Crippen molar-refractivity contribution in [3.8, 4) is 0 Å². The monoisotopic (exact) mass is 181 g/mol. The first-order valence-electron chi connectivity index (χ1n) is 3.73. The van der Waals surface area contributed by atoms with E-state index in [2.05, 4.69) is 4.98 Å². The largest absolute Gasteiger partial charge is 0.364 e. The SMILES string of the molecule is CN(C)C(=O)c1ccc(C(N)=O)[nH]1. The number of aromatic amines is 1. The molecular weight excluding hydrogens is 170 g/mol.